The predicted molar refractivity (Wildman–Crippen MR) is 159 cm³/mol. The molecule has 1 atom stereocenters. The molecule has 216 valence electrons. The Hall–Kier alpha value is -3.55. The minimum atomic E-state index is -0.903. The summed E-state index contributed by atoms with van der Waals surface area (Å²) in [5.41, 5.74) is 1.26. The van der Waals surface area contributed by atoms with Crippen molar-refractivity contribution in [3.63, 3.8) is 0 Å². The van der Waals surface area contributed by atoms with E-state index in [0.29, 0.717) is 36.5 Å². The molecule has 0 spiro atoms. The molecule has 40 heavy (non-hydrogen) atoms. The molecule has 3 rings (SSSR count). The van der Waals surface area contributed by atoms with Crippen molar-refractivity contribution in [2.24, 2.45) is 11.8 Å². The molecule has 2 aromatic rings. The van der Waals surface area contributed by atoms with Gasteiger partial charge in [-0.2, -0.15) is 5.26 Å². The van der Waals surface area contributed by atoms with E-state index in [-0.39, 0.29) is 18.2 Å². The zero-order chi connectivity index (χ0) is 29.1. The topological polar surface area (TPSA) is 115 Å². The molecule has 2 N–H and O–H groups in total. The highest BCUT2D eigenvalue weighted by Gasteiger charge is 2.33. The van der Waals surface area contributed by atoms with Gasteiger partial charge in [-0.15, -0.1) is 11.3 Å². The van der Waals surface area contributed by atoms with Crippen molar-refractivity contribution in [2.45, 2.75) is 33.1 Å². The molecule has 1 aromatic heterocycles. The van der Waals surface area contributed by atoms with Crippen molar-refractivity contribution >= 4 is 39.9 Å². The van der Waals surface area contributed by atoms with Crippen LogP contribution in [0, 0.1) is 23.2 Å². The maximum absolute atomic E-state index is 12.5. The summed E-state index contributed by atoms with van der Waals surface area (Å²) in [5.74, 6) is -0.660. The number of anilines is 1. The summed E-state index contributed by atoms with van der Waals surface area (Å²) in [7, 11) is 3.14. The minimum Gasteiger partial charge on any atom is -0.493 e. The van der Waals surface area contributed by atoms with Crippen LogP contribution in [0.3, 0.4) is 0 Å². The maximum Gasteiger partial charge on any atom is 0.307 e. The molecule has 1 saturated heterocycles. The first-order valence-electron chi connectivity index (χ1n) is 13.7. The van der Waals surface area contributed by atoms with Gasteiger partial charge in [-0.05, 0) is 73.8 Å². The lowest BCUT2D eigenvalue weighted by Gasteiger charge is -2.35. The van der Waals surface area contributed by atoms with Crippen LogP contribution >= 0.6 is 11.3 Å². The molecule has 9 nitrogen and oxygen atoms in total. The number of hydrogen-bond acceptors (Lipinski definition) is 8. The van der Waals surface area contributed by atoms with E-state index in [1.807, 2.05) is 24.3 Å². The van der Waals surface area contributed by atoms with E-state index in [9.17, 15) is 20.0 Å². The normalized spacial score (nSPS) is 15.0. The number of nitriles is 1. The Bertz CT molecular complexity index is 1210. The average molecular weight is 569 g/mol. The third-order valence-electron chi connectivity index (χ3n) is 7.50. The summed E-state index contributed by atoms with van der Waals surface area (Å²) in [6.07, 6.45) is 3.30. The Morgan fingerprint density at radius 2 is 1.88 bits per heavy atom. The van der Waals surface area contributed by atoms with Gasteiger partial charge in [0.1, 0.15) is 0 Å². The summed E-state index contributed by atoms with van der Waals surface area (Å²) in [6.45, 7) is 8.73. The van der Waals surface area contributed by atoms with E-state index < -0.39 is 11.9 Å². The third kappa shape index (κ3) is 8.23. The smallest absolute Gasteiger partial charge is 0.307 e. The Kier molecular flexibility index (Phi) is 11.8. The van der Waals surface area contributed by atoms with Gasteiger partial charge >= 0.3 is 5.97 Å². The first kappa shape index (κ1) is 31.0. The standard InChI is InChI=1S/C30H40N4O5S/c1-5-33(6-2)16-13-32-28(35)19-25(30(36)37)21-11-14-34(15-12-21)29-10-8-24(40-29)17-23(20-31)22-7-9-26(38-3)27(18-22)39-4/h7-10,17-18,21,25H,5-6,11-16,19H2,1-4H3,(H,32,35)(H,36,37)/b23-17+. The fourth-order valence-corrected chi connectivity index (χ4v) is 6.06. The summed E-state index contributed by atoms with van der Waals surface area (Å²) >= 11 is 1.60. The average Bonchev–Trinajstić information content (AvgIpc) is 3.45. The van der Waals surface area contributed by atoms with E-state index in [4.69, 9.17) is 9.47 Å². The maximum atomic E-state index is 12.5. The molecule has 2 heterocycles. The second kappa shape index (κ2) is 15.3. The number of likely N-dealkylation sites (N-methyl/N-ethyl adjacent to an activating group) is 1. The van der Waals surface area contributed by atoms with E-state index in [1.54, 1.807) is 37.7 Å². The van der Waals surface area contributed by atoms with Crippen LogP contribution < -0.4 is 19.7 Å². The Balaban J connectivity index is 1.59. The molecule has 0 saturated carbocycles. The fourth-order valence-electron chi connectivity index (χ4n) is 5.06. The van der Waals surface area contributed by atoms with Crippen molar-refractivity contribution in [1.82, 2.24) is 10.2 Å². The number of carboxylic acids is 1. The van der Waals surface area contributed by atoms with Gasteiger partial charge in [0.05, 0.1) is 36.8 Å². The van der Waals surface area contributed by atoms with E-state index in [2.05, 4.69) is 35.0 Å². The number of methoxy groups -OCH3 is 2. The molecular weight excluding hydrogens is 528 g/mol. The molecule has 1 fully saturated rings. The number of carbonyl (C=O) groups is 2. The van der Waals surface area contributed by atoms with Gasteiger partial charge in [-0.1, -0.05) is 13.8 Å². The van der Waals surface area contributed by atoms with Gasteiger partial charge in [0.15, 0.2) is 11.5 Å². The molecular formula is C30H40N4O5S. The van der Waals surface area contributed by atoms with Gasteiger partial charge in [-0.25, -0.2) is 0 Å². The number of nitrogens with zero attached hydrogens (tertiary/aromatic N) is 3. The summed E-state index contributed by atoms with van der Waals surface area (Å²) in [4.78, 5) is 29.9. The minimum absolute atomic E-state index is 0.0132. The lowest BCUT2D eigenvalue weighted by atomic mass is 9.82. The van der Waals surface area contributed by atoms with Crippen molar-refractivity contribution in [1.29, 1.82) is 5.26 Å². The Morgan fingerprint density at radius 1 is 1.18 bits per heavy atom. The third-order valence-corrected chi connectivity index (χ3v) is 8.59. The van der Waals surface area contributed by atoms with Gasteiger partial charge in [0.25, 0.3) is 0 Å². The molecule has 1 aromatic carbocycles. The first-order chi connectivity index (χ1) is 19.3. The van der Waals surface area contributed by atoms with Crippen LogP contribution in [0.1, 0.15) is 43.6 Å². The largest absolute Gasteiger partial charge is 0.493 e. The molecule has 10 heteroatoms. The number of piperidine rings is 1. The van der Waals surface area contributed by atoms with Crippen LogP contribution in [-0.2, 0) is 9.59 Å². The second-order valence-corrected chi connectivity index (χ2v) is 10.9. The predicted octanol–water partition coefficient (Wildman–Crippen LogP) is 4.59. The molecule has 1 aliphatic heterocycles. The van der Waals surface area contributed by atoms with Gasteiger partial charge in [0.2, 0.25) is 5.91 Å². The molecule has 1 amide bonds. The monoisotopic (exact) mass is 568 g/mol. The number of rotatable bonds is 14. The van der Waals surface area contributed by atoms with Crippen LogP contribution in [0.2, 0.25) is 0 Å². The quantitative estimate of drug-likeness (QED) is 0.318. The van der Waals surface area contributed by atoms with Crippen molar-refractivity contribution in [3.05, 3.63) is 40.8 Å². The Morgan fingerprint density at radius 3 is 2.48 bits per heavy atom. The first-order valence-corrected chi connectivity index (χ1v) is 14.6. The summed E-state index contributed by atoms with van der Waals surface area (Å²) in [6, 6.07) is 11.7. The highest BCUT2D eigenvalue weighted by atomic mass is 32.1. The Labute approximate surface area is 241 Å². The van der Waals surface area contributed by atoms with Crippen LogP contribution in [0.25, 0.3) is 11.6 Å². The number of hydrogen-bond donors (Lipinski definition) is 2. The van der Waals surface area contributed by atoms with Crippen LogP contribution in [0.4, 0.5) is 5.00 Å². The van der Waals surface area contributed by atoms with E-state index >= 15 is 0 Å². The molecule has 0 bridgehead atoms. The number of benzene rings is 1. The number of carboxylic acid groups (broad SMARTS) is 1. The summed E-state index contributed by atoms with van der Waals surface area (Å²) < 4.78 is 10.7. The zero-order valence-electron chi connectivity index (χ0n) is 23.8. The molecule has 0 radical (unpaired) electrons. The highest BCUT2D eigenvalue weighted by Crippen LogP contribution is 2.36. The summed E-state index contributed by atoms with van der Waals surface area (Å²) in [5, 5.41) is 23.6. The van der Waals surface area contributed by atoms with Gasteiger partial charge in [-0.3, -0.25) is 9.59 Å². The number of aliphatic carboxylic acids is 1. The van der Waals surface area contributed by atoms with Crippen molar-refractivity contribution < 1.29 is 24.2 Å². The lowest BCUT2D eigenvalue weighted by molar-refractivity contribution is -0.146. The van der Waals surface area contributed by atoms with Crippen LogP contribution in [0.15, 0.2) is 30.3 Å². The second-order valence-electron chi connectivity index (χ2n) is 9.77. The van der Waals surface area contributed by atoms with E-state index in [1.165, 1.54) is 0 Å². The van der Waals surface area contributed by atoms with Crippen LogP contribution in [-0.4, -0.2) is 75.4 Å². The lowest BCUT2D eigenvalue weighted by Crippen LogP contribution is -2.40. The molecule has 0 aliphatic carbocycles. The number of allylic oxidation sites excluding steroid dienone is 1. The highest BCUT2D eigenvalue weighted by molar-refractivity contribution is 7.17. The van der Waals surface area contributed by atoms with Crippen LogP contribution in [0.5, 0.6) is 11.5 Å². The van der Waals surface area contributed by atoms with Gasteiger partial charge in [0, 0.05) is 37.5 Å². The number of carbonyl (C=O) groups excluding carboxylic acids is 1. The number of nitrogens with one attached hydrogen (secondary N) is 1. The van der Waals surface area contributed by atoms with Crippen molar-refractivity contribution in [2.75, 3.05) is 58.4 Å². The van der Waals surface area contributed by atoms with Crippen molar-refractivity contribution in [3.8, 4) is 17.6 Å². The molecule has 1 unspecified atom stereocenters. The fraction of sp³-hybridized carbons (Fsp3) is 0.500. The number of ether oxygens (including phenoxy) is 2. The number of thiophene rings is 1. The van der Waals surface area contributed by atoms with Gasteiger partial charge < -0.3 is 29.7 Å². The SMILES string of the molecule is CCN(CC)CCNC(=O)CC(C(=O)O)C1CCN(c2ccc(/C=C(\C#N)c3ccc(OC)c(OC)c3)s2)CC1. The number of amides is 1. The zero-order valence-corrected chi connectivity index (χ0v) is 24.6. The molecule has 1 aliphatic rings. The van der Waals surface area contributed by atoms with E-state index in [0.717, 1.165) is 48.2 Å².